The van der Waals surface area contributed by atoms with Crippen molar-refractivity contribution in [2.45, 2.75) is 17.8 Å². The summed E-state index contributed by atoms with van der Waals surface area (Å²) < 4.78 is 7.43. The molecule has 118 valence electrons. The Kier molecular flexibility index (Phi) is 4.67. The Bertz CT molecular complexity index is 796. The van der Waals surface area contributed by atoms with Gasteiger partial charge in [0.2, 0.25) is 0 Å². The second kappa shape index (κ2) is 6.87. The van der Waals surface area contributed by atoms with Gasteiger partial charge < -0.3 is 9.30 Å². The summed E-state index contributed by atoms with van der Waals surface area (Å²) in [7, 11) is 3.65. The molecule has 0 unspecified atom stereocenters. The molecule has 23 heavy (non-hydrogen) atoms. The lowest BCUT2D eigenvalue weighted by molar-refractivity contribution is 0.416. The maximum Gasteiger partial charge on any atom is 0.191 e. The van der Waals surface area contributed by atoms with Gasteiger partial charge in [0.25, 0.3) is 0 Å². The fraction of sp³-hybridized carbons (Fsp3) is 0.222. The summed E-state index contributed by atoms with van der Waals surface area (Å²) in [5.74, 6) is 2.49. The summed E-state index contributed by atoms with van der Waals surface area (Å²) in [4.78, 5) is 0. The van der Waals surface area contributed by atoms with Gasteiger partial charge in [-0.3, -0.25) is 0 Å². The molecule has 0 saturated heterocycles. The number of ether oxygens (including phenoxy) is 1. The molecule has 5 heteroatoms. The van der Waals surface area contributed by atoms with E-state index in [0.29, 0.717) is 0 Å². The van der Waals surface area contributed by atoms with Gasteiger partial charge in [-0.15, -0.1) is 10.2 Å². The second-order valence-corrected chi connectivity index (χ2v) is 6.28. The van der Waals surface area contributed by atoms with Crippen molar-refractivity contribution in [3.8, 4) is 17.1 Å². The first-order valence-electron chi connectivity index (χ1n) is 7.40. The van der Waals surface area contributed by atoms with E-state index in [1.807, 2.05) is 35.9 Å². The Morgan fingerprint density at radius 2 is 1.78 bits per heavy atom. The average molecular weight is 325 g/mol. The van der Waals surface area contributed by atoms with Crippen LogP contribution in [0.1, 0.15) is 11.1 Å². The van der Waals surface area contributed by atoms with Crippen LogP contribution < -0.4 is 4.74 Å². The molecule has 0 N–H and O–H groups in total. The van der Waals surface area contributed by atoms with Crippen LogP contribution in [-0.2, 0) is 12.8 Å². The number of rotatable bonds is 5. The van der Waals surface area contributed by atoms with E-state index in [2.05, 4.69) is 41.4 Å². The molecule has 0 aliphatic heterocycles. The molecule has 0 bridgehead atoms. The molecular weight excluding hydrogens is 306 g/mol. The molecule has 0 saturated carbocycles. The van der Waals surface area contributed by atoms with E-state index in [1.165, 1.54) is 11.1 Å². The number of nitrogens with zero attached hydrogens (tertiary/aromatic N) is 3. The van der Waals surface area contributed by atoms with Crippen LogP contribution in [0.15, 0.2) is 53.7 Å². The normalized spacial score (nSPS) is 10.7. The average Bonchev–Trinajstić information content (AvgIpc) is 2.95. The standard InChI is InChI=1S/C18H19N3OS/c1-13-8-10-14(11-9-13)12-23-18-20-19-17(21(18)2)15-6-4-5-7-16(15)22-3/h4-11H,12H2,1-3H3. The lowest BCUT2D eigenvalue weighted by Crippen LogP contribution is -1.97. The van der Waals surface area contributed by atoms with Crippen LogP contribution in [0.4, 0.5) is 0 Å². The molecule has 1 aromatic heterocycles. The van der Waals surface area contributed by atoms with Gasteiger partial charge in [0.05, 0.1) is 12.7 Å². The van der Waals surface area contributed by atoms with Gasteiger partial charge in [-0.05, 0) is 24.6 Å². The largest absolute Gasteiger partial charge is 0.496 e. The van der Waals surface area contributed by atoms with E-state index in [-0.39, 0.29) is 0 Å². The number of thioether (sulfide) groups is 1. The SMILES string of the molecule is COc1ccccc1-c1nnc(SCc2ccc(C)cc2)n1C. The molecule has 0 amide bonds. The first-order valence-corrected chi connectivity index (χ1v) is 8.38. The zero-order chi connectivity index (χ0) is 16.2. The van der Waals surface area contributed by atoms with Crippen LogP contribution in [0.3, 0.4) is 0 Å². The zero-order valence-electron chi connectivity index (χ0n) is 13.5. The molecule has 0 fully saturated rings. The molecule has 0 aliphatic rings. The van der Waals surface area contributed by atoms with Crippen LogP contribution in [0.5, 0.6) is 5.75 Å². The van der Waals surface area contributed by atoms with Gasteiger partial charge in [0.1, 0.15) is 5.75 Å². The van der Waals surface area contributed by atoms with Crippen LogP contribution in [0.2, 0.25) is 0 Å². The monoisotopic (exact) mass is 325 g/mol. The first-order chi connectivity index (χ1) is 11.2. The highest BCUT2D eigenvalue weighted by Crippen LogP contribution is 2.30. The minimum Gasteiger partial charge on any atom is -0.496 e. The minimum absolute atomic E-state index is 0.804. The molecule has 0 radical (unpaired) electrons. The third kappa shape index (κ3) is 3.40. The molecule has 0 spiro atoms. The maximum atomic E-state index is 5.42. The molecule has 1 heterocycles. The van der Waals surface area contributed by atoms with Crippen molar-refractivity contribution in [3.63, 3.8) is 0 Å². The molecule has 3 aromatic rings. The summed E-state index contributed by atoms with van der Waals surface area (Å²) in [5.41, 5.74) is 3.51. The first kappa shape index (κ1) is 15.6. The van der Waals surface area contributed by atoms with Gasteiger partial charge >= 0.3 is 0 Å². The number of para-hydroxylation sites is 1. The predicted octanol–water partition coefficient (Wildman–Crippen LogP) is 4.09. The fourth-order valence-electron chi connectivity index (χ4n) is 2.34. The summed E-state index contributed by atoms with van der Waals surface area (Å²) in [6, 6.07) is 16.4. The van der Waals surface area contributed by atoms with Crippen LogP contribution in [0.25, 0.3) is 11.4 Å². The molecule has 2 aromatic carbocycles. The molecule has 0 aliphatic carbocycles. The predicted molar refractivity (Wildman–Crippen MR) is 93.7 cm³/mol. The van der Waals surface area contributed by atoms with Crippen molar-refractivity contribution in [3.05, 3.63) is 59.7 Å². The fourth-order valence-corrected chi connectivity index (χ4v) is 3.20. The summed E-state index contributed by atoms with van der Waals surface area (Å²) in [6.45, 7) is 2.10. The summed E-state index contributed by atoms with van der Waals surface area (Å²) in [6.07, 6.45) is 0. The Hall–Kier alpha value is -2.27. The van der Waals surface area contributed by atoms with E-state index >= 15 is 0 Å². The smallest absolute Gasteiger partial charge is 0.191 e. The highest BCUT2D eigenvalue weighted by atomic mass is 32.2. The highest BCUT2D eigenvalue weighted by Gasteiger charge is 2.14. The van der Waals surface area contributed by atoms with Gasteiger partial charge in [-0.1, -0.05) is 53.7 Å². The van der Waals surface area contributed by atoms with E-state index in [1.54, 1.807) is 18.9 Å². The highest BCUT2D eigenvalue weighted by molar-refractivity contribution is 7.98. The van der Waals surface area contributed by atoms with Crippen molar-refractivity contribution in [2.75, 3.05) is 7.11 Å². The van der Waals surface area contributed by atoms with Crippen LogP contribution in [-0.4, -0.2) is 21.9 Å². The Morgan fingerprint density at radius 1 is 1.04 bits per heavy atom. The van der Waals surface area contributed by atoms with E-state index in [4.69, 9.17) is 4.74 Å². The molecular formula is C18H19N3OS. The number of aryl methyl sites for hydroxylation is 1. The summed E-state index contributed by atoms with van der Waals surface area (Å²) >= 11 is 1.68. The number of hydrogen-bond donors (Lipinski definition) is 0. The van der Waals surface area contributed by atoms with Gasteiger partial charge in [0, 0.05) is 12.8 Å². The molecule has 0 atom stereocenters. The van der Waals surface area contributed by atoms with E-state index < -0.39 is 0 Å². The van der Waals surface area contributed by atoms with Crippen molar-refractivity contribution < 1.29 is 4.74 Å². The van der Waals surface area contributed by atoms with E-state index in [9.17, 15) is 0 Å². The Labute approximate surface area is 140 Å². The number of aromatic nitrogens is 3. The lowest BCUT2D eigenvalue weighted by atomic mass is 10.2. The quantitative estimate of drug-likeness (QED) is 0.662. The van der Waals surface area contributed by atoms with E-state index in [0.717, 1.165) is 28.0 Å². The van der Waals surface area contributed by atoms with Crippen molar-refractivity contribution in [1.82, 2.24) is 14.8 Å². The third-order valence-corrected chi connectivity index (χ3v) is 4.76. The lowest BCUT2D eigenvalue weighted by Gasteiger charge is -2.08. The van der Waals surface area contributed by atoms with Gasteiger partial charge in [-0.2, -0.15) is 0 Å². The molecule has 4 nitrogen and oxygen atoms in total. The number of benzene rings is 2. The summed E-state index contributed by atoms with van der Waals surface area (Å²) in [5, 5.41) is 9.55. The topological polar surface area (TPSA) is 39.9 Å². The number of methoxy groups -OCH3 is 1. The van der Waals surface area contributed by atoms with Crippen molar-refractivity contribution >= 4 is 11.8 Å². The Balaban J connectivity index is 1.80. The van der Waals surface area contributed by atoms with Gasteiger partial charge in [-0.25, -0.2) is 0 Å². The second-order valence-electron chi connectivity index (χ2n) is 5.34. The zero-order valence-corrected chi connectivity index (χ0v) is 14.3. The van der Waals surface area contributed by atoms with Crippen LogP contribution in [0, 0.1) is 6.92 Å². The van der Waals surface area contributed by atoms with Gasteiger partial charge in [0.15, 0.2) is 11.0 Å². The molecule has 3 rings (SSSR count). The minimum atomic E-state index is 0.804. The van der Waals surface area contributed by atoms with Crippen molar-refractivity contribution in [2.24, 2.45) is 7.05 Å². The maximum absolute atomic E-state index is 5.42. The van der Waals surface area contributed by atoms with Crippen molar-refractivity contribution in [1.29, 1.82) is 0 Å². The third-order valence-electron chi connectivity index (χ3n) is 3.67. The number of hydrogen-bond acceptors (Lipinski definition) is 4. The van der Waals surface area contributed by atoms with Crippen LogP contribution >= 0.6 is 11.8 Å². The Morgan fingerprint density at radius 3 is 2.52 bits per heavy atom.